The number of ether oxygens (including phenoxy) is 3. The van der Waals surface area contributed by atoms with E-state index in [0.717, 1.165) is 5.56 Å². The molecule has 0 radical (unpaired) electrons. The maximum Gasteiger partial charge on any atom is 0.251 e. The summed E-state index contributed by atoms with van der Waals surface area (Å²) in [6.45, 7) is 0.584. The van der Waals surface area contributed by atoms with Gasteiger partial charge in [-0.3, -0.25) is 4.79 Å². The zero-order chi connectivity index (χ0) is 24.1. The van der Waals surface area contributed by atoms with Gasteiger partial charge in [0.25, 0.3) is 5.91 Å². The summed E-state index contributed by atoms with van der Waals surface area (Å²) >= 11 is 0. The number of halogens is 3. The molecule has 1 fully saturated rings. The minimum atomic E-state index is -2.64. The van der Waals surface area contributed by atoms with Gasteiger partial charge in [-0.1, -0.05) is 30.3 Å². The molecule has 0 heterocycles. The van der Waals surface area contributed by atoms with Gasteiger partial charge in [-0.15, -0.1) is 12.4 Å². The van der Waals surface area contributed by atoms with Crippen molar-refractivity contribution >= 4 is 18.3 Å². The van der Waals surface area contributed by atoms with Crippen molar-refractivity contribution in [1.82, 2.24) is 10.2 Å². The quantitative estimate of drug-likeness (QED) is 0.530. The lowest BCUT2D eigenvalue weighted by atomic mass is 9.78. The van der Waals surface area contributed by atoms with Crippen LogP contribution in [0.5, 0.6) is 17.2 Å². The fourth-order valence-electron chi connectivity index (χ4n) is 4.09. The molecule has 1 saturated carbocycles. The molecular formula is C25H33ClF2N2O4. The summed E-state index contributed by atoms with van der Waals surface area (Å²) in [6.07, 6.45) is 0.255. The van der Waals surface area contributed by atoms with E-state index in [2.05, 4.69) is 5.32 Å². The number of carbonyl (C=O) groups is 1. The van der Waals surface area contributed by atoms with Gasteiger partial charge in [-0.25, -0.2) is 8.78 Å². The number of benzene rings is 2. The molecule has 3 rings (SSSR count). The Bertz CT molecular complexity index is 922. The normalized spacial score (nSPS) is 16.3. The Morgan fingerprint density at radius 1 is 1.00 bits per heavy atom. The molecule has 6 nitrogen and oxygen atoms in total. The molecule has 34 heavy (non-hydrogen) atoms. The Labute approximate surface area is 206 Å². The second-order valence-corrected chi connectivity index (χ2v) is 8.64. The van der Waals surface area contributed by atoms with Gasteiger partial charge in [0.2, 0.25) is 11.7 Å². The van der Waals surface area contributed by atoms with E-state index in [1.54, 1.807) is 12.1 Å². The van der Waals surface area contributed by atoms with Crippen molar-refractivity contribution in [1.29, 1.82) is 0 Å². The molecule has 2 aromatic rings. The van der Waals surface area contributed by atoms with E-state index >= 15 is 0 Å². The van der Waals surface area contributed by atoms with Crippen LogP contribution in [0.25, 0.3) is 0 Å². The first-order chi connectivity index (χ1) is 15.7. The van der Waals surface area contributed by atoms with Crippen LogP contribution < -0.4 is 19.5 Å². The number of amides is 1. The van der Waals surface area contributed by atoms with Crippen molar-refractivity contribution in [3.63, 3.8) is 0 Å². The zero-order valence-electron chi connectivity index (χ0n) is 20.0. The van der Waals surface area contributed by atoms with E-state index in [4.69, 9.17) is 14.2 Å². The molecule has 0 atom stereocenters. The van der Waals surface area contributed by atoms with Crippen molar-refractivity contribution in [2.75, 3.05) is 34.9 Å². The lowest BCUT2D eigenvalue weighted by molar-refractivity contribution is -0.0727. The molecule has 0 aliphatic heterocycles. The third-order valence-corrected chi connectivity index (χ3v) is 6.39. The van der Waals surface area contributed by atoms with Crippen LogP contribution in [-0.2, 0) is 6.61 Å². The minimum absolute atomic E-state index is 0. The highest BCUT2D eigenvalue weighted by Gasteiger charge is 2.44. The summed E-state index contributed by atoms with van der Waals surface area (Å²) in [6, 6.07) is 12.9. The van der Waals surface area contributed by atoms with Gasteiger partial charge in [0, 0.05) is 30.5 Å². The summed E-state index contributed by atoms with van der Waals surface area (Å²) in [5.74, 6) is -1.83. The molecule has 188 valence electrons. The summed E-state index contributed by atoms with van der Waals surface area (Å²) in [5.41, 5.74) is 0.811. The highest BCUT2D eigenvalue weighted by atomic mass is 35.5. The van der Waals surface area contributed by atoms with E-state index in [-0.39, 0.29) is 37.7 Å². The lowest BCUT2D eigenvalue weighted by Gasteiger charge is -2.45. The van der Waals surface area contributed by atoms with Gasteiger partial charge in [-0.05, 0) is 44.6 Å². The Morgan fingerprint density at radius 2 is 1.56 bits per heavy atom. The Kier molecular flexibility index (Phi) is 9.53. The fourth-order valence-corrected chi connectivity index (χ4v) is 4.09. The lowest BCUT2D eigenvalue weighted by Crippen LogP contribution is -2.56. The van der Waals surface area contributed by atoms with Crippen LogP contribution in [0.15, 0.2) is 42.5 Å². The molecule has 0 spiro atoms. The van der Waals surface area contributed by atoms with Gasteiger partial charge >= 0.3 is 0 Å². The maximum atomic E-state index is 13.7. The largest absolute Gasteiger partial charge is 0.493 e. The van der Waals surface area contributed by atoms with Crippen molar-refractivity contribution in [2.24, 2.45) is 0 Å². The number of rotatable bonds is 9. The van der Waals surface area contributed by atoms with Crippen LogP contribution in [0, 0.1) is 0 Å². The van der Waals surface area contributed by atoms with E-state index in [0.29, 0.717) is 42.3 Å². The number of carbonyl (C=O) groups excluding carboxylic acids is 1. The standard InChI is InChI=1S/C25H32F2N2O4.ClH/c1-29(2)24(10-12-25(26,27)13-11-24)17-28-23(30)19-14-20(31-3)22(21(15-19)32-4)33-16-18-8-6-5-7-9-18;/h5-9,14-15H,10-13,16-17H2,1-4H3,(H,28,30);1H. The van der Waals surface area contributed by atoms with Crippen LogP contribution in [0.1, 0.15) is 41.6 Å². The summed E-state index contributed by atoms with van der Waals surface area (Å²) in [4.78, 5) is 14.9. The van der Waals surface area contributed by atoms with Gasteiger partial charge in [0.15, 0.2) is 11.5 Å². The predicted molar refractivity (Wildman–Crippen MR) is 130 cm³/mol. The molecule has 9 heteroatoms. The van der Waals surface area contributed by atoms with Crippen LogP contribution in [-0.4, -0.2) is 57.1 Å². The first-order valence-corrected chi connectivity index (χ1v) is 11.0. The number of likely N-dealkylation sites (N-methyl/N-ethyl adjacent to an activating group) is 1. The number of hydrogen-bond acceptors (Lipinski definition) is 5. The molecule has 1 aliphatic carbocycles. The van der Waals surface area contributed by atoms with E-state index in [1.165, 1.54) is 14.2 Å². The molecular weight excluding hydrogens is 466 g/mol. The van der Waals surface area contributed by atoms with E-state index < -0.39 is 11.5 Å². The molecule has 0 bridgehead atoms. The number of hydrogen-bond donors (Lipinski definition) is 1. The van der Waals surface area contributed by atoms with Crippen LogP contribution in [0.2, 0.25) is 0 Å². The molecule has 1 aliphatic rings. The van der Waals surface area contributed by atoms with Crippen LogP contribution >= 0.6 is 12.4 Å². The molecule has 0 unspecified atom stereocenters. The smallest absolute Gasteiger partial charge is 0.251 e. The topological polar surface area (TPSA) is 60.0 Å². The third-order valence-electron chi connectivity index (χ3n) is 6.39. The molecule has 1 amide bonds. The first kappa shape index (κ1) is 27.7. The summed E-state index contributed by atoms with van der Waals surface area (Å²) in [5, 5.41) is 2.92. The number of nitrogens with one attached hydrogen (secondary N) is 1. The van der Waals surface area contributed by atoms with Crippen LogP contribution in [0.3, 0.4) is 0 Å². The van der Waals surface area contributed by atoms with E-state index in [1.807, 2.05) is 49.3 Å². The Hall–Kier alpha value is -2.58. The Balaban J connectivity index is 0.00000408. The van der Waals surface area contributed by atoms with Gasteiger partial charge in [0.1, 0.15) is 6.61 Å². The fraction of sp³-hybridized carbons (Fsp3) is 0.480. The SMILES string of the molecule is COc1cc(C(=O)NCC2(N(C)C)CCC(F)(F)CC2)cc(OC)c1OCc1ccccc1.Cl. The van der Waals surface area contributed by atoms with Gasteiger partial charge in [-0.2, -0.15) is 0 Å². The second kappa shape index (κ2) is 11.7. The highest BCUT2D eigenvalue weighted by Crippen LogP contribution is 2.41. The first-order valence-electron chi connectivity index (χ1n) is 11.0. The number of methoxy groups -OCH3 is 2. The second-order valence-electron chi connectivity index (χ2n) is 8.64. The van der Waals surface area contributed by atoms with Crippen molar-refractivity contribution in [2.45, 2.75) is 43.8 Å². The highest BCUT2D eigenvalue weighted by molar-refractivity contribution is 5.95. The van der Waals surface area contributed by atoms with Crippen LogP contribution in [0.4, 0.5) is 8.78 Å². The maximum absolute atomic E-state index is 13.7. The zero-order valence-corrected chi connectivity index (χ0v) is 20.8. The predicted octanol–water partition coefficient (Wildman–Crippen LogP) is 4.94. The average molecular weight is 499 g/mol. The average Bonchev–Trinajstić information content (AvgIpc) is 2.82. The monoisotopic (exact) mass is 498 g/mol. The third kappa shape index (κ3) is 6.51. The minimum Gasteiger partial charge on any atom is -0.493 e. The molecule has 2 aromatic carbocycles. The van der Waals surface area contributed by atoms with Crippen molar-refractivity contribution in [3.05, 3.63) is 53.6 Å². The number of alkyl halides is 2. The molecule has 0 aromatic heterocycles. The van der Waals surface area contributed by atoms with Crippen molar-refractivity contribution < 1.29 is 27.8 Å². The van der Waals surface area contributed by atoms with Gasteiger partial charge in [0.05, 0.1) is 14.2 Å². The summed E-state index contributed by atoms with van der Waals surface area (Å²) < 4.78 is 44.3. The van der Waals surface area contributed by atoms with E-state index in [9.17, 15) is 13.6 Å². The van der Waals surface area contributed by atoms with Gasteiger partial charge < -0.3 is 24.4 Å². The molecule has 0 saturated heterocycles. The molecule has 1 N–H and O–H groups in total. The Morgan fingerprint density at radius 3 is 2.06 bits per heavy atom. The van der Waals surface area contributed by atoms with Crippen molar-refractivity contribution in [3.8, 4) is 17.2 Å². The number of nitrogens with zero attached hydrogens (tertiary/aromatic N) is 1. The summed E-state index contributed by atoms with van der Waals surface area (Å²) in [7, 11) is 6.71.